The summed E-state index contributed by atoms with van der Waals surface area (Å²) in [4.78, 5) is 31.8. The number of thiophene rings is 1. The molecule has 1 saturated heterocycles. The summed E-state index contributed by atoms with van der Waals surface area (Å²) in [5.41, 5.74) is 1.91. The molecule has 1 aromatic carbocycles. The number of hydrogen-bond acceptors (Lipinski definition) is 5. The van der Waals surface area contributed by atoms with Crippen molar-refractivity contribution in [2.75, 3.05) is 40.4 Å². The van der Waals surface area contributed by atoms with Gasteiger partial charge >= 0.3 is 0 Å². The molecule has 6 nitrogen and oxygen atoms in total. The SMILES string of the molecule is COc1ccc(C(=O)N2CCN(C(=O)c3cc4c(s3)CCC(C)C4)CC2)cc1OC. The van der Waals surface area contributed by atoms with E-state index in [2.05, 4.69) is 13.0 Å². The second-order valence-corrected chi connectivity index (χ2v) is 9.20. The average molecular weight is 429 g/mol. The lowest BCUT2D eigenvalue weighted by Crippen LogP contribution is -2.50. The molecule has 0 bridgehead atoms. The van der Waals surface area contributed by atoms with Gasteiger partial charge in [-0.25, -0.2) is 0 Å². The first kappa shape index (κ1) is 20.7. The van der Waals surface area contributed by atoms with E-state index < -0.39 is 0 Å². The van der Waals surface area contributed by atoms with Gasteiger partial charge in [0.25, 0.3) is 11.8 Å². The normalized spacial score (nSPS) is 18.7. The van der Waals surface area contributed by atoms with Crippen LogP contribution in [0.5, 0.6) is 11.5 Å². The number of methoxy groups -OCH3 is 2. The third-order valence-corrected chi connectivity index (χ3v) is 7.25. The Hall–Kier alpha value is -2.54. The van der Waals surface area contributed by atoms with Crippen molar-refractivity contribution in [3.8, 4) is 11.5 Å². The molecule has 2 aliphatic rings. The Morgan fingerprint density at radius 1 is 0.967 bits per heavy atom. The number of aryl methyl sites for hydroxylation is 1. The van der Waals surface area contributed by atoms with Gasteiger partial charge in [-0.15, -0.1) is 11.3 Å². The van der Waals surface area contributed by atoms with Crippen LogP contribution in [0, 0.1) is 5.92 Å². The summed E-state index contributed by atoms with van der Waals surface area (Å²) < 4.78 is 10.5. The Bertz CT molecular complexity index is 947. The molecule has 0 saturated carbocycles. The van der Waals surface area contributed by atoms with Crippen molar-refractivity contribution in [2.24, 2.45) is 5.92 Å². The van der Waals surface area contributed by atoms with Gasteiger partial charge in [-0.1, -0.05) is 6.92 Å². The van der Waals surface area contributed by atoms with Crippen LogP contribution in [0.4, 0.5) is 0 Å². The van der Waals surface area contributed by atoms with E-state index in [-0.39, 0.29) is 11.8 Å². The zero-order valence-electron chi connectivity index (χ0n) is 17.8. The van der Waals surface area contributed by atoms with Crippen LogP contribution in [0.15, 0.2) is 24.3 Å². The average Bonchev–Trinajstić information content (AvgIpc) is 3.20. The maximum Gasteiger partial charge on any atom is 0.264 e. The highest BCUT2D eigenvalue weighted by Crippen LogP contribution is 2.33. The first-order chi connectivity index (χ1) is 14.5. The van der Waals surface area contributed by atoms with Crippen molar-refractivity contribution in [3.63, 3.8) is 0 Å². The predicted octanol–water partition coefficient (Wildman–Crippen LogP) is 3.49. The van der Waals surface area contributed by atoms with Crippen LogP contribution in [0.2, 0.25) is 0 Å². The van der Waals surface area contributed by atoms with Crippen LogP contribution < -0.4 is 9.47 Å². The van der Waals surface area contributed by atoms with Crippen LogP contribution in [0.25, 0.3) is 0 Å². The van der Waals surface area contributed by atoms with E-state index in [4.69, 9.17) is 9.47 Å². The summed E-state index contributed by atoms with van der Waals surface area (Å²) >= 11 is 1.65. The molecule has 30 heavy (non-hydrogen) atoms. The van der Waals surface area contributed by atoms with Crippen LogP contribution in [-0.2, 0) is 12.8 Å². The van der Waals surface area contributed by atoms with Crippen molar-refractivity contribution in [2.45, 2.75) is 26.2 Å². The van der Waals surface area contributed by atoms with Gasteiger partial charge in [0.05, 0.1) is 19.1 Å². The molecule has 1 unspecified atom stereocenters. The summed E-state index contributed by atoms with van der Waals surface area (Å²) in [5.74, 6) is 1.87. The molecule has 0 N–H and O–H groups in total. The molecule has 2 aromatic rings. The topological polar surface area (TPSA) is 59.1 Å². The molecule has 1 aromatic heterocycles. The third-order valence-electron chi connectivity index (χ3n) is 6.02. The van der Waals surface area contributed by atoms with Gasteiger partial charge < -0.3 is 19.3 Å². The minimum Gasteiger partial charge on any atom is -0.493 e. The Morgan fingerprint density at radius 2 is 1.63 bits per heavy atom. The number of amides is 2. The highest BCUT2D eigenvalue weighted by molar-refractivity contribution is 7.14. The second kappa shape index (κ2) is 8.68. The summed E-state index contributed by atoms with van der Waals surface area (Å²) in [6, 6.07) is 7.29. The Kier molecular flexibility index (Phi) is 5.99. The maximum atomic E-state index is 13.0. The van der Waals surface area contributed by atoms with E-state index in [9.17, 15) is 9.59 Å². The molecule has 2 heterocycles. The second-order valence-electron chi connectivity index (χ2n) is 8.06. The highest BCUT2D eigenvalue weighted by Gasteiger charge is 2.28. The molecule has 7 heteroatoms. The van der Waals surface area contributed by atoms with Crippen molar-refractivity contribution in [1.82, 2.24) is 9.80 Å². The largest absolute Gasteiger partial charge is 0.493 e. The molecule has 2 amide bonds. The summed E-state index contributed by atoms with van der Waals surface area (Å²) in [5, 5.41) is 0. The molecule has 160 valence electrons. The number of fused-ring (bicyclic) bond motifs is 1. The van der Waals surface area contributed by atoms with Crippen LogP contribution in [0.1, 0.15) is 43.8 Å². The standard InChI is InChI=1S/C23H28N2O4S/c1-15-4-7-20-17(12-15)14-21(30-20)23(27)25-10-8-24(9-11-25)22(26)16-5-6-18(28-2)19(13-16)29-3/h5-6,13-15H,4,7-12H2,1-3H3. The maximum absolute atomic E-state index is 13.0. The lowest BCUT2D eigenvalue weighted by Gasteiger charge is -2.34. The monoisotopic (exact) mass is 428 g/mol. The lowest BCUT2D eigenvalue weighted by atomic mass is 9.90. The minimum atomic E-state index is -0.0522. The van der Waals surface area contributed by atoms with Gasteiger partial charge in [-0.3, -0.25) is 9.59 Å². The van der Waals surface area contributed by atoms with Gasteiger partial charge in [-0.05, 0) is 55.0 Å². The summed E-state index contributed by atoms with van der Waals surface area (Å²) in [6.45, 7) is 4.44. The van der Waals surface area contributed by atoms with Crippen molar-refractivity contribution in [3.05, 3.63) is 45.1 Å². The number of hydrogen-bond donors (Lipinski definition) is 0. The highest BCUT2D eigenvalue weighted by atomic mass is 32.1. The summed E-state index contributed by atoms with van der Waals surface area (Å²) in [7, 11) is 3.12. The number of piperazine rings is 1. The Morgan fingerprint density at radius 3 is 2.30 bits per heavy atom. The van der Waals surface area contributed by atoms with Crippen LogP contribution in [-0.4, -0.2) is 62.0 Å². The van der Waals surface area contributed by atoms with Crippen molar-refractivity contribution >= 4 is 23.2 Å². The molecule has 0 radical (unpaired) electrons. The quantitative estimate of drug-likeness (QED) is 0.748. The first-order valence-electron chi connectivity index (χ1n) is 10.4. The van der Waals surface area contributed by atoms with Gasteiger partial charge in [0.15, 0.2) is 11.5 Å². The number of nitrogens with zero attached hydrogens (tertiary/aromatic N) is 2. The number of benzene rings is 1. The van der Waals surface area contributed by atoms with E-state index >= 15 is 0 Å². The van der Waals surface area contributed by atoms with E-state index in [1.807, 2.05) is 4.90 Å². The fraction of sp³-hybridized carbons (Fsp3) is 0.478. The lowest BCUT2D eigenvalue weighted by molar-refractivity contribution is 0.0538. The Balaban J connectivity index is 1.39. The molecule has 1 fully saturated rings. The van der Waals surface area contributed by atoms with Gasteiger partial charge in [0, 0.05) is 36.6 Å². The third kappa shape index (κ3) is 4.03. The fourth-order valence-corrected chi connectivity index (χ4v) is 5.41. The molecular weight excluding hydrogens is 400 g/mol. The van der Waals surface area contributed by atoms with E-state index in [0.29, 0.717) is 49.2 Å². The number of ether oxygens (including phenoxy) is 2. The van der Waals surface area contributed by atoms with Gasteiger partial charge in [0.2, 0.25) is 0 Å². The molecule has 1 aliphatic heterocycles. The van der Waals surface area contributed by atoms with Crippen LogP contribution >= 0.6 is 11.3 Å². The van der Waals surface area contributed by atoms with Gasteiger partial charge in [-0.2, -0.15) is 0 Å². The number of rotatable bonds is 4. The zero-order chi connectivity index (χ0) is 21.3. The molecular formula is C23H28N2O4S. The number of carbonyl (C=O) groups is 2. The molecule has 1 atom stereocenters. The smallest absolute Gasteiger partial charge is 0.264 e. The Labute approximate surface area is 181 Å². The van der Waals surface area contributed by atoms with Gasteiger partial charge in [0.1, 0.15) is 0 Å². The van der Waals surface area contributed by atoms with Crippen molar-refractivity contribution in [1.29, 1.82) is 0 Å². The summed E-state index contributed by atoms with van der Waals surface area (Å²) in [6.07, 6.45) is 3.37. The molecule has 0 spiro atoms. The molecule has 4 rings (SSSR count). The molecule has 1 aliphatic carbocycles. The predicted molar refractivity (Wildman–Crippen MR) is 117 cm³/mol. The number of carbonyl (C=O) groups excluding carboxylic acids is 2. The van der Waals surface area contributed by atoms with E-state index in [1.54, 1.807) is 48.7 Å². The zero-order valence-corrected chi connectivity index (χ0v) is 18.6. The first-order valence-corrected chi connectivity index (χ1v) is 11.2. The van der Waals surface area contributed by atoms with E-state index in [1.165, 1.54) is 16.9 Å². The van der Waals surface area contributed by atoms with E-state index in [0.717, 1.165) is 17.7 Å². The van der Waals surface area contributed by atoms with Crippen LogP contribution in [0.3, 0.4) is 0 Å². The van der Waals surface area contributed by atoms with Crippen molar-refractivity contribution < 1.29 is 19.1 Å². The fourth-order valence-electron chi connectivity index (χ4n) is 4.23. The minimum absolute atomic E-state index is 0.0522.